The van der Waals surface area contributed by atoms with Gasteiger partial charge in [0.15, 0.2) is 0 Å². The van der Waals surface area contributed by atoms with Crippen LogP contribution in [0.4, 0.5) is 5.82 Å². The van der Waals surface area contributed by atoms with Crippen LogP contribution < -0.4 is 10.1 Å². The van der Waals surface area contributed by atoms with Gasteiger partial charge in [0.05, 0.1) is 32.6 Å². The number of nitrogens with zero attached hydrogens (tertiary/aromatic N) is 3. The van der Waals surface area contributed by atoms with Crippen LogP contribution in [0.5, 0.6) is 5.75 Å². The molecule has 5 rings (SSSR count). The van der Waals surface area contributed by atoms with Crippen LogP contribution in [0.15, 0.2) is 36.4 Å². The van der Waals surface area contributed by atoms with E-state index in [0.717, 1.165) is 32.8 Å². The molecule has 0 radical (unpaired) electrons. The predicted molar refractivity (Wildman–Crippen MR) is 124 cm³/mol. The number of hydrogen-bond donors (Lipinski definition) is 1. The van der Waals surface area contributed by atoms with Crippen LogP contribution in [0.3, 0.4) is 0 Å². The van der Waals surface area contributed by atoms with Crippen LogP contribution in [0.25, 0.3) is 15.3 Å². The van der Waals surface area contributed by atoms with E-state index in [1.54, 1.807) is 10.7 Å². The zero-order valence-corrected chi connectivity index (χ0v) is 19.1. The number of halogens is 2. The van der Waals surface area contributed by atoms with Crippen molar-refractivity contribution in [3.8, 4) is 10.9 Å². The maximum atomic E-state index is 12.6. The molecule has 0 bridgehead atoms. The number of rotatable bonds is 4. The summed E-state index contributed by atoms with van der Waals surface area (Å²) < 4.78 is 8.31. The topological polar surface area (TPSA) is 69.0 Å². The fourth-order valence-electron chi connectivity index (χ4n) is 3.94. The summed E-state index contributed by atoms with van der Waals surface area (Å²) in [5, 5.41) is 9.35. The second-order valence-electron chi connectivity index (χ2n) is 7.30. The Morgan fingerprint density at radius 1 is 1.23 bits per heavy atom. The average Bonchev–Trinajstić information content (AvgIpc) is 3.30. The fourth-order valence-corrected chi connectivity index (χ4v) is 5.20. The number of thiazole rings is 1. The molecule has 4 aromatic rings. The third kappa shape index (κ3) is 3.56. The van der Waals surface area contributed by atoms with Crippen LogP contribution >= 0.6 is 34.5 Å². The molecule has 2 aromatic heterocycles. The van der Waals surface area contributed by atoms with E-state index in [9.17, 15) is 4.79 Å². The van der Waals surface area contributed by atoms with E-state index in [2.05, 4.69) is 5.32 Å². The lowest BCUT2D eigenvalue weighted by molar-refractivity contribution is -0.116. The molecule has 0 saturated carbocycles. The first-order valence-corrected chi connectivity index (χ1v) is 11.4. The van der Waals surface area contributed by atoms with Crippen molar-refractivity contribution in [2.45, 2.75) is 26.2 Å². The third-order valence-electron chi connectivity index (χ3n) is 5.29. The van der Waals surface area contributed by atoms with Crippen molar-refractivity contribution < 1.29 is 9.53 Å². The van der Waals surface area contributed by atoms with E-state index in [-0.39, 0.29) is 11.8 Å². The van der Waals surface area contributed by atoms with Crippen LogP contribution in [0, 0.1) is 6.92 Å². The highest BCUT2D eigenvalue weighted by Gasteiger charge is 2.33. The molecular weight excluding hydrogens is 455 g/mol. The molecule has 1 aliphatic rings. The standard InChI is InChI=1S/C22H18Cl2N4O2S/c1-3-30-13-5-7-17-18(9-13)31-22(25-17)28-21-20(11(2)27-28)14(10-19(29)26-21)12-4-6-15(23)16(24)8-12/h4-9,14H,3,10H2,1-2H3,(H,26,29)/t14-/m0/s1. The van der Waals surface area contributed by atoms with Gasteiger partial charge < -0.3 is 10.1 Å². The molecule has 0 saturated heterocycles. The first-order chi connectivity index (χ1) is 14.9. The Morgan fingerprint density at radius 3 is 2.84 bits per heavy atom. The Labute approximate surface area is 192 Å². The van der Waals surface area contributed by atoms with Gasteiger partial charge in [-0.1, -0.05) is 40.6 Å². The SMILES string of the molecule is CCOc1ccc2nc(-n3nc(C)c4c3NC(=O)C[C@H]4c3ccc(Cl)c(Cl)c3)sc2c1. The minimum Gasteiger partial charge on any atom is -0.494 e. The van der Waals surface area contributed by atoms with Crippen molar-refractivity contribution in [1.29, 1.82) is 0 Å². The summed E-state index contributed by atoms with van der Waals surface area (Å²) in [5.41, 5.74) is 3.58. The summed E-state index contributed by atoms with van der Waals surface area (Å²) in [5.74, 6) is 1.21. The number of aromatic nitrogens is 3. The first-order valence-electron chi connectivity index (χ1n) is 9.82. The zero-order valence-electron chi connectivity index (χ0n) is 16.8. The number of carbonyl (C=O) groups excluding carboxylic acids is 1. The molecule has 0 spiro atoms. The van der Waals surface area contributed by atoms with Gasteiger partial charge >= 0.3 is 0 Å². The Hall–Kier alpha value is -2.61. The van der Waals surface area contributed by atoms with Crippen molar-refractivity contribution in [3.05, 3.63) is 63.3 Å². The maximum absolute atomic E-state index is 12.6. The lowest BCUT2D eigenvalue weighted by atomic mass is 9.86. The summed E-state index contributed by atoms with van der Waals surface area (Å²) in [6.07, 6.45) is 0.315. The molecule has 1 amide bonds. The number of ether oxygens (including phenoxy) is 1. The minimum absolute atomic E-state index is 0.0792. The number of carbonyl (C=O) groups is 1. The lowest BCUT2D eigenvalue weighted by Gasteiger charge is -2.24. The number of anilines is 1. The van der Waals surface area contributed by atoms with Gasteiger partial charge in [0.25, 0.3) is 0 Å². The molecule has 1 aliphatic heterocycles. The molecular formula is C22H18Cl2N4O2S. The molecule has 0 unspecified atom stereocenters. The van der Waals surface area contributed by atoms with Crippen molar-refractivity contribution in [2.75, 3.05) is 11.9 Å². The lowest BCUT2D eigenvalue weighted by Crippen LogP contribution is -2.24. The largest absolute Gasteiger partial charge is 0.494 e. The zero-order chi connectivity index (χ0) is 21.7. The molecule has 1 N–H and O–H groups in total. The Morgan fingerprint density at radius 2 is 2.06 bits per heavy atom. The van der Waals surface area contributed by atoms with E-state index in [4.69, 9.17) is 38.0 Å². The molecule has 0 fully saturated rings. The Bertz CT molecular complexity index is 1330. The number of nitrogens with one attached hydrogen (secondary N) is 1. The normalized spacial score (nSPS) is 15.7. The minimum atomic E-state index is -0.161. The molecule has 1 atom stereocenters. The summed E-state index contributed by atoms with van der Waals surface area (Å²) in [6.45, 7) is 4.50. The van der Waals surface area contributed by atoms with Gasteiger partial charge in [0.2, 0.25) is 11.0 Å². The first kappa shape index (κ1) is 20.3. The summed E-state index contributed by atoms with van der Waals surface area (Å²) in [4.78, 5) is 17.3. The number of hydrogen-bond acceptors (Lipinski definition) is 5. The maximum Gasteiger partial charge on any atom is 0.226 e. The summed E-state index contributed by atoms with van der Waals surface area (Å²) in [6, 6.07) is 11.3. The molecule has 158 valence electrons. The Kier molecular flexibility index (Phi) is 5.12. The molecule has 0 aliphatic carbocycles. The number of amides is 1. The average molecular weight is 473 g/mol. The molecule has 3 heterocycles. The quantitative estimate of drug-likeness (QED) is 0.397. The Balaban J connectivity index is 1.62. The van der Waals surface area contributed by atoms with Gasteiger partial charge in [-0.05, 0) is 49.7 Å². The van der Waals surface area contributed by atoms with Crippen LogP contribution in [0.1, 0.15) is 36.1 Å². The van der Waals surface area contributed by atoms with Crippen molar-refractivity contribution in [2.24, 2.45) is 0 Å². The molecule has 6 nitrogen and oxygen atoms in total. The van der Waals surface area contributed by atoms with Gasteiger partial charge in [-0.15, -0.1) is 0 Å². The monoisotopic (exact) mass is 472 g/mol. The highest BCUT2D eigenvalue weighted by molar-refractivity contribution is 7.20. The van der Waals surface area contributed by atoms with Gasteiger partial charge in [0, 0.05) is 17.9 Å². The molecule has 2 aromatic carbocycles. The summed E-state index contributed by atoms with van der Waals surface area (Å²) >= 11 is 13.8. The number of aryl methyl sites for hydroxylation is 1. The van der Waals surface area contributed by atoms with E-state index >= 15 is 0 Å². The van der Waals surface area contributed by atoms with E-state index in [1.807, 2.05) is 44.2 Å². The number of benzene rings is 2. The van der Waals surface area contributed by atoms with Crippen molar-refractivity contribution in [1.82, 2.24) is 14.8 Å². The second kappa shape index (κ2) is 7.82. The smallest absolute Gasteiger partial charge is 0.226 e. The van der Waals surface area contributed by atoms with Gasteiger partial charge in [-0.2, -0.15) is 9.78 Å². The third-order valence-corrected chi connectivity index (χ3v) is 7.02. The van der Waals surface area contributed by atoms with Gasteiger partial charge in [-0.25, -0.2) is 4.98 Å². The number of fused-ring (bicyclic) bond motifs is 2. The second-order valence-corrected chi connectivity index (χ2v) is 9.12. The molecule has 31 heavy (non-hydrogen) atoms. The van der Waals surface area contributed by atoms with Gasteiger partial charge in [0.1, 0.15) is 11.6 Å². The highest BCUT2D eigenvalue weighted by Crippen LogP contribution is 2.42. The van der Waals surface area contributed by atoms with E-state index in [1.165, 1.54) is 11.3 Å². The van der Waals surface area contributed by atoms with Gasteiger partial charge in [-0.3, -0.25) is 4.79 Å². The summed E-state index contributed by atoms with van der Waals surface area (Å²) in [7, 11) is 0. The van der Waals surface area contributed by atoms with Crippen molar-refractivity contribution >= 4 is 56.5 Å². The van der Waals surface area contributed by atoms with Crippen LogP contribution in [-0.4, -0.2) is 27.3 Å². The predicted octanol–water partition coefficient (Wildman–Crippen LogP) is 5.97. The molecule has 9 heteroatoms. The van der Waals surface area contributed by atoms with Crippen LogP contribution in [0.2, 0.25) is 10.0 Å². The van der Waals surface area contributed by atoms with Crippen LogP contribution in [-0.2, 0) is 4.79 Å². The fraction of sp³-hybridized carbons (Fsp3) is 0.227. The van der Waals surface area contributed by atoms with E-state index in [0.29, 0.717) is 34.0 Å². The van der Waals surface area contributed by atoms with E-state index < -0.39 is 0 Å². The highest BCUT2D eigenvalue weighted by atomic mass is 35.5. The van der Waals surface area contributed by atoms with Crippen molar-refractivity contribution in [3.63, 3.8) is 0 Å².